The third kappa shape index (κ3) is 3.40. The van der Waals surface area contributed by atoms with Crippen molar-refractivity contribution in [1.82, 2.24) is 5.32 Å². The molecule has 4 nitrogen and oxygen atoms in total. The molecule has 21 heavy (non-hydrogen) atoms. The molecule has 0 spiro atoms. The summed E-state index contributed by atoms with van der Waals surface area (Å²) >= 11 is 0. The molecular formula is C17H17N3O. The van der Waals surface area contributed by atoms with Crippen LogP contribution in [0, 0.1) is 18.3 Å². The number of nitriles is 1. The molecule has 0 saturated carbocycles. The topological polar surface area (TPSA) is 78.9 Å². The Morgan fingerprint density at radius 2 is 1.90 bits per heavy atom. The summed E-state index contributed by atoms with van der Waals surface area (Å²) in [6.07, 6.45) is 0. The molecule has 2 aromatic rings. The Hall–Kier alpha value is -2.80. The standard InChI is InChI=1S/C17H17N3O/c1-11-3-8-15(19)9-16(11)17(21)20-12(2)14-6-4-13(10-18)5-7-14/h3-9,12H,19H2,1-2H3,(H,20,21). The number of amides is 1. The molecule has 1 unspecified atom stereocenters. The fourth-order valence-corrected chi connectivity index (χ4v) is 2.09. The van der Waals surface area contributed by atoms with Crippen LogP contribution in [0.15, 0.2) is 42.5 Å². The van der Waals surface area contributed by atoms with Crippen molar-refractivity contribution in [1.29, 1.82) is 5.26 Å². The lowest BCUT2D eigenvalue weighted by Crippen LogP contribution is -2.27. The number of anilines is 1. The molecule has 0 aliphatic heterocycles. The number of hydrogen-bond acceptors (Lipinski definition) is 3. The number of nitrogens with one attached hydrogen (secondary N) is 1. The second kappa shape index (κ2) is 6.10. The van der Waals surface area contributed by atoms with Crippen molar-refractivity contribution in [3.63, 3.8) is 0 Å². The van der Waals surface area contributed by atoms with Gasteiger partial charge in [0.1, 0.15) is 0 Å². The quantitative estimate of drug-likeness (QED) is 0.848. The van der Waals surface area contributed by atoms with E-state index < -0.39 is 0 Å². The first-order chi connectivity index (χ1) is 10.0. The van der Waals surface area contributed by atoms with Crippen LogP contribution >= 0.6 is 0 Å². The number of nitrogens with two attached hydrogens (primary N) is 1. The van der Waals surface area contributed by atoms with E-state index in [4.69, 9.17) is 11.0 Å². The van der Waals surface area contributed by atoms with Gasteiger partial charge in [-0.15, -0.1) is 0 Å². The van der Waals surface area contributed by atoms with Gasteiger partial charge in [0.05, 0.1) is 17.7 Å². The third-order valence-corrected chi connectivity index (χ3v) is 3.39. The number of nitrogens with zero attached hydrogens (tertiary/aromatic N) is 1. The monoisotopic (exact) mass is 279 g/mol. The molecule has 0 heterocycles. The Morgan fingerprint density at radius 1 is 1.24 bits per heavy atom. The Morgan fingerprint density at radius 3 is 2.52 bits per heavy atom. The number of benzene rings is 2. The van der Waals surface area contributed by atoms with Crippen LogP contribution < -0.4 is 11.1 Å². The first-order valence-electron chi connectivity index (χ1n) is 6.68. The lowest BCUT2D eigenvalue weighted by atomic mass is 10.0. The molecule has 0 saturated heterocycles. The van der Waals surface area contributed by atoms with Crippen LogP contribution in [0.25, 0.3) is 0 Å². The smallest absolute Gasteiger partial charge is 0.252 e. The number of hydrogen-bond donors (Lipinski definition) is 2. The highest BCUT2D eigenvalue weighted by atomic mass is 16.1. The van der Waals surface area contributed by atoms with Crippen molar-refractivity contribution in [2.24, 2.45) is 0 Å². The zero-order valence-corrected chi connectivity index (χ0v) is 12.1. The highest BCUT2D eigenvalue weighted by Gasteiger charge is 2.13. The van der Waals surface area contributed by atoms with E-state index in [1.54, 1.807) is 24.3 Å². The summed E-state index contributed by atoms with van der Waals surface area (Å²) < 4.78 is 0. The number of carbonyl (C=O) groups is 1. The van der Waals surface area contributed by atoms with E-state index in [0.717, 1.165) is 11.1 Å². The largest absolute Gasteiger partial charge is 0.399 e. The van der Waals surface area contributed by atoms with Gasteiger partial charge in [-0.1, -0.05) is 18.2 Å². The van der Waals surface area contributed by atoms with Crippen molar-refractivity contribution in [3.8, 4) is 6.07 Å². The molecule has 0 radical (unpaired) electrons. The number of nitrogen functional groups attached to an aromatic ring is 1. The molecule has 2 aromatic carbocycles. The second-order valence-electron chi connectivity index (χ2n) is 5.00. The van der Waals surface area contributed by atoms with Gasteiger partial charge >= 0.3 is 0 Å². The highest BCUT2D eigenvalue weighted by Crippen LogP contribution is 2.17. The van der Waals surface area contributed by atoms with E-state index in [1.165, 1.54) is 0 Å². The molecular weight excluding hydrogens is 262 g/mol. The van der Waals surface area contributed by atoms with E-state index in [2.05, 4.69) is 11.4 Å². The molecule has 0 bridgehead atoms. The fourth-order valence-electron chi connectivity index (χ4n) is 2.09. The SMILES string of the molecule is Cc1ccc(N)cc1C(=O)NC(C)c1ccc(C#N)cc1. The molecule has 0 aliphatic carbocycles. The summed E-state index contributed by atoms with van der Waals surface area (Å²) in [5.41, 5.74) is 9.31. The molecule has 0 fully saturated rings. The maximum Gasteiger partial charge on any atom is 0.252 e. The lowest BCUT2D eigenvalue weighted by molar-refractivity contribution is 0.0939. The van der Waals surface area contributed by atoms with Crippen LogP contribution in [-0.2, 0) is 0 Å². The minimum absolute atomic E-state index is 0.147. The molecule has 2 rings (SSSR count). The van der Waals surface area contributed by atoms with Gasteiger partial charge in [-0.25, -0.2) is 0 Å². The lowest BCUT2D eigenvalue weighted by Gasteiger charge is -2.15. The zero-order chi connectivity index (χ0) is 15.4. The third-order valence-electron chi connectivity index (χ3n) is 3.39. The summed E-state index contributed by atoms with van der Waals surface area (Å²) in [4.78, 5) is 12.3. The minimum atomic E-state index is -0.156. The summed E-state index contributed by atoms with van der Waals surface area (Å²) in [7, 11) is 0. The first-order valence-corrected chi connectivity index (χ1v) is 6.68. The fraction of sp³-hybridized carbons (Fsp3) is 0.176. The van der Waals surface area contributed by atoms with E-state index >= 15 is 0 Å². The van der Waals surface area contributed by atoms with Crippen molar-refractivity contribution in [2.75, 3.05) is 5.73 Å². The van der Waals surface area contributed by atoms with E-state index in [-0.39, 0.29) is 11.9 Å². The van der Waals surface area contributed by atoms with Crippen LogP contribution in [-0.4, -0.2) is 5.91 Å². The number of rotatable bonds is 3. The summed E-state index contributed by atoms with van der Waals surface area (Å²) in [5, 5.41) is 11.7. The van der Waals surface area contributed by atoms with Gasteiger partial charge in [0.2, 0.25) is 0 Å². The molecule has 3 N–H and O–H groups in total. The minimum Gasteiger partial charge on any atom is -0.399 e. The van der Waals surface area contributed by atoms with Crippen LogP contribution in [0.5, 0.6) is 0 Å². The number of aryl methyl sites for hydroxylation is 1. The second-order valence-corrected chi connectivity index (χ2v) is 5.00. The first kappa shape index (κ1) is 14.6. The van der Waals surface area contributed by atoms with Crippen LogP contribution in [0.2, 0.25) is 0 Å². The van der Waals surface area contributed by atoms with Crippen LogP contribution in [0.1, 0.15) is 40.0 Å². The van der Waals surface area contributed by atoms with Gasteiger partial charge in [-0.2, -0.15) is 5.26 Å². The van der Waals surface area contributed by atoms with Crippen molar-refractivity contribution < 1.29 is 4.79 Å². The molecule has 1 amide bonds. The van der Waals surface area contributed by atoms with Crippen LogP contribution in [0.4, 0.5) is 5.69 Å². The normalized spacial score (nSPS) is 11.5. The Kier molecular flexibility index (Phi) is 4.24. The molecule has 0 aliphatic rings. The van der Waals surface area contributed by atoms with Gasteiger partial charge < -0.3 is 11.1 Å². The van der Waals surface area contributed by atoms with Gasteiger partial charge in [-0.3, -0.25) is 4.79 Å². The predicted octanol–water partition coefficient (Wildman–Crippen LogP) is 2.94. The van der Waals surface area contributed by atoms with E-state index in [0.29, 0.717) is 16.8 Å². The Bertz CT molecular complexity index is 699. The molecule has 1 atom stereocenters. The van der Waals surface area contributed by atoms with Crippen molar-refractivity contribution in [3.05, 3.63) is 64.7 Å². The van der Waals surface area contributed by atoms with Crippen molar-refractivity contribution >= 4 is 11.6 Å². The van der Waals surface area contributed by atoms with Gasteiger partial charge in [-0.05, 0) is 49.2 Å². The maximum absolute atomic E-state index is 12.3. The average Bonchev–Trinajstić information content (AvgIpc) is 2.49. The summed E-state index contributed by atoms with van der Waals surface area (Å²) in [6.45, 7) is 3.78. The zero-order valence-electron chi connectivity index (χ0n) is 12.1. The Labute approximate surface area is 124 Å². The summed E-state index contributed by atoms with van der Waals surface area (Å²) in [5.74, 6) is -0.156. The van der Waals surface area contributed by atoms with E-state index in [9.17, 15) is 4.79 Å². The van der Waals surface area contributed by atoms with Crippen molar-refractivity contribution in [2.45, 2.75) is 19.9 Å². The Balaban J connectivity index is 2.14. The maximum atomic E-state index is 12.3. The predicted molar refractivity (Wildman–Crippen MR) is 82.6 cm³/mol. The van der Waals surface area contributed by atoms with Gasteiger partial charge in [0, 0.05) is 11.3 Å². The summed E-state index contributed by atoms with van der Waals surface area (Å²) in [6, 6.07) is 14.4. The van der Waals surface area contributed by atoms with Crippen LogP contribution in [0.3, 0.4) is 0 Å². The van der Waals surface area contributed by atoms with Gasteiger partial charge in [0.25, 0.3) is 5.91 Å². The highest BCUT2D eigenvalue weighted by molar-refractivity contribution is 5.96. The number of carbonyl (C=O) groups excluding carboxylic acids is 1. The molecule has 0 aromatic heterocycles. The molecule has 4 heteroatoms. The molecule has 106 valence electrons. The van der Waals surface area contributed by atoms with Gasteiger partial charge in [0.15, 0.2) is 0 Å². The average molecular weight is 279 g/mol. The van der Waals surface area contributed by atoms with E-state index in [1.807, 2.05) is 32.0 Å².